The zero-order chi connectivity index (χ0) is 33.4. The number of hydrogen-bond acceptors (Lipinski definition) is 6. The second-order valence-corrected chi connectivity index (χ2v) is 13.6. The molecule has 0 amide bonds. The molecule has 0 unspecified atom stereocenters. The molecule has 5 aromatic carbocycles. The van der Waals surface area contributed by atoms with Gasteiger partial charge < -0.3 is 14.9 Å². The minimum atomic E-state index is -3.86. The Balaban J connectivity index is 1.29. The predicted octanol–water partition coefficient (Wildman–Crippen LogP) is 8.00. The summed E-state index contributed by atoms with van der Waals surface area (Å²) in [7, 11) is -3.86. The first-order chi connectivity index (χ1) is 22.6. The fourth-order valence-electron chi connectivity index (χ4n) is 5.46. The van der Waals surface area contributed by atoms with Gasteiger partial charge in [-0.25, -0.2) is 13.2 Å². The van der Waals surface area contributed by atoms with Gasteiger partial charge in [-0.1, -0.05) is 85.3 Å². The first-order valence-corrected chi connectivity index (χ1v) is 17.2. The Bertz CT molecular complexity index is 1930. The second-order valence-electron chi connectivity index (χ2n) is 11.2. The number of aliphatic hydroxyl groups is 1. The standard InChI is InChI=1S/C38H36ClNO6S/c1-2-34-35(38(42)43)15-8-16-37(34)46-31-13-7-14-33(24-31)47(44,45)32-19-17-27(18-20-32)21-22-40(25-28-9-4-3-5-10-28)26-36(41)29-11-6-12-30(39)23-29/h3-20,23-24,36,41H,2,21-22,25-26H2,1H3,(H,42,43)/t36-/m0/s1. The molecular weight excluding hydrogens is 634 g/mol. The number of carboxylic acids is 1. The zero-order valence-corrected chi connectivity index (χ0v) is 27.5. The van der Waals surface area contributed by atoms with Gasteiger partial charge in [-0.2, -0.15) is 0 Å². The lowest BCUT2D eigenvalue weighted by Crippen LogP contribution is -2.30. The summed E-state index contributed by atoms with van der Waals surface area (Å²) in [5, 5.41) is 21.1. The van der Waals surface area contributed by atoms with Crippen molar-refractivity contribution >= 4 is 27.4 Å². The van der Waals surface area contributed by atoms with Crippen LogP contribution in [0.25, 0.3) is 0 Å². The van der Waals surface area contributed by atoms with E-state index in [4.69, 9.17) is 16.3 Å². The second kappa shape index (κ2) is 15.4. The Labute approximate surface area is 280 Å². The number of halogens is 1. The Hall–Kier alpha value is -4.47. The molecule has 2 N–H and O–H groups in total. The van der Waals surface area contributed by atoms with Gasteiger partial charge in [0.2, 0.25) is 9.84 Å². The third-order valence-electron chi connectivity index (χ3n) is 7.92. The van der Waals surface area contributed by atoms with E-state index < -0.39 is 21.9 Å². The molecule has 0 heterocycles. The van der Waals surface area contributed by atoms with Crippen LogP contribution in [0.5, 0.6) is 11.5 Å². The molecule has 5 rings (SSSR count). The van der Waals surface area contributed by atoms with Crippen molar-refractivity contribution < 1.29 is 28.2 Å². The monoisotopic (exact) mass is 669 g/mol. The number of aliphatic hydroxyl groups excluding tert-OH is 1. The SMILES string of the molecule is CCc1c(Oc2cccc(S(=O)(=O)c3ccc(CCN(Cc4ccccc4)C[C@H](O)c4cccc(Cl)c4)cc3)c2)cccc1C(=O)O. The number of sulfone groups is 1. The van der Waals surface area contributed by atoms with E-state index in [2.05, 4.69) is 4.90 Å². The highest BCUT2D eigenvalue weighted by atomic mass is 35.5. The van der Waals surface area contributed by atoms with Crippen LogP contribution in [0.1, 0.15) is 45.6 Å². The topological polar surface area (TPSA) is 104 Å². The molecule has 0 fully saturated rings. The highest BCUT2D eigenvalue weighted by Crippen LogP contribution is 2.31. The van der Waals surface area contributed by atoms with Gasteiger partial charge in [-0.3, -0.25) is 4.90 Å². The van der Waals surface area contributed by atoms with Crippen molar-refractivity contribution in [1.82, 2.24) is 4.90 Å². The van der Waals surface area contributed by atoms with Gasteiger partial charge in [0.1, 0.15) is 11.5 Å². The van der Waals surface area contributed by atoms with E-state index in [1.807, 2.05) is 61.5 Å². The lowest BCUT2D eigenvalue weighted by Gasteiger charge is -2.25. The van der Waals surface area contributed by atoms with Gasteiger partial charge in [0, 0.05) is 30.2 Å². The van der Waals surface area contributed by atoms with Gasteiger partial charge in [0.05, 0.1) is 21.5 Å². The summed E-state index contributed by atoms with van der Waals surface area (Å²) >= 11 is 6.15. The first-order valence-electron chi connectivity index (χ1n) is 15.3. The van der Waals surface area contributed by atoms with Crippen LogP contribution in [0.4, 0.5) is 0 Å². The summed E-state index contributed by atoms with van der Waals surface area (Å²) in [6.07, 6.45) is 0.363. The number of aromatic carboxylic acids is 1. The molecule has 7 nitrogen and oxygen atoms in total. The average molecular weight is 670 g/mol. The smallest absolute Gasteiger partial charge is 0.336 e. The molecule has 0 aliphatic carbocycles. The molecule has 47 heavy (non-hydrogen) atoms. The Morgan fingerprint density at radius 2 is 1.55 bits per heavy atom. The van der Waals surface area contributed by atoms with Crippen molar-refractivity contribution in [2.75, 3.05) is 13.1 Å². The summed E-state index contributed by atoms with van der Waals surface area (Å²) in [5.41, 5.74) is 3.51. The Morgan fingerprint density at radius 1 is 0.830 bits per heavy atom. The molecule has 0 saturated carbocycles. The highest BCUT2D eigenvalue weighted by molar-refractivity contribution is 7.91. The molecule has 9 heteroatoms. The number of benzene rings is 5. The van der Waals surface area contributed by atoms with Crippen LogP contribution in [-0.4, -0.2) is 42.6 Å². The third kappa shape index (κ3) is 8.67. The van der Waals surface area contributed by atoms with E-state index in [-0.39, 0.29) is 15.4 Å². The molecule has 0 aliphatic rings. The van der Waals surface area contributed by atoms with Crippen molar-refractivity contribution in [3.63, 3.8) is 0 Å². The summed E-state index contributed by atoms with van der Waals surface area (Å²) in [6.45, 7) is 3.52. The number of carboxylic acid groups (broad SMARTS) is 1. The molecule has 5 aromatic rings. The van der Waals surface area contributed by atoms with Gasteiger partial charge in [-0.05, 0) is 84.1 Å². The Morgan fingerprint density at radius 3 is 2.26 bits per heavy atom. The van der Waals surface area contributed by atoms with Crippen LogP contribution in [0.3, 0.4) is 0 Å². The number of hydrogen-bond donors (Lipinski definition) is 2. The number of ether oxygens (including phenoxy) is 1. The van der Waals surface area contributed by atoms with Crippen LogP contribution in [0.15, 0.2) is 131 Å². The molecule has 242 valence electrons. The maximum absolute atomic E-state index is 13.6. The van der Waals surface area contributed by atoms with Crippen molar-refractivity contribution in [1.29, 1.82) is 0 Å². The van der Waals surface area contributed by atoms with Gasteiger partial charge >= 0.3 is 5.97 Å². The van der Waals surface area contributed by atoms with E-state index in [1.54, 1.807) is 48.5 Å². The van der Waals surface area contributed by atoms with Crippen molar-refractivity contribution in [3.8, 4) is 11.5 Å². The molecule has 0 aromatic heterocycles. The molecular formula is C38H36ClNO6S. The number of rotatable bonds is 14. The Kier molecular flexibility index (Phi) is 11.1. The highest BCUT2D eigenvalue weighted by Gasteiger charge is 2.20. The van der Waals surface area contributed by atoms with Crippen molar-refractivity contribution in [3.05, 3.63) is 154 Å². The largest absolute Gasteiger partial charge is 0.478 e. The quantitative estimate of drug-likeness (QED) is 0.123. The van der Waals surface area contributed by atoms with Crippen LogP contribution < -0.4 is 4.74 Å². The van der Waals surface area contributed by atoms with Gasteiger partial charge in [0.15, 0.2) is 0 Å². The number of nitrogens with zero attached hydrogens (tertiary/aromatic N) is 1. The van der Waals surface area contributed by atoms with E-state index >= 15 is 0 Å². The summed E-state index contributed by atoms with van der Waals surface area (Å²) < 4.78 is 33.2. The van der Waals surface area contributed by atoms with Gasteiger partial charge in [-0.15, -0.1) is 0 Å². The molecule has 1 atom stereocenters. The van der Waals surface area contributed by atoms with Crippen molar-refractivity contribution in [2.45, 2.75) is 42.2 Å². The lowest BCUT2D eigenvalue weighted by molar-refractivity contribution is 0.0695. The van der Waals surface area contributed by atoms with Crippen LogP contribution in [0, 0.1) is 0 Å². The van der Waals surface area contributed by atoms with E-state index in [1.165, 1.54) is 18.2 Å². The lowest BCUT2D eigenvalue weighted by atomic mass is 10.0. The maximum atomic E-state index is 13.6. The molecule has 0 radical (unpaired) electrons. The molecule has 0 saturated heterocycles. The summed E-state index contributed by atoms with van der Waals surface area (Å²) in [4.78, 5) is 14.0. The van der Waals surface area contributed by atoms with E-state index in [0.717, 1.165) is 16.7 Å². The fraction of sp³-hybridized carbons (Fsp3) is 0.184. The summed E-state index contributed by atoms with van der Waals surface area (Å²) in [6, 6.07) is 35.1. The minimum absolute atomic E-state index is 0.0687. The van der Waals surface area contributed by atoms with Gasteiger partial charge in [0.25, 0.3) is 0 Å². The number of carbonyl (C=O) groups is 1. The minimum Gasteiger partial charge on any atom is -0.478 e. The van der Waals surface area contributed by atoms with Crippen LogP contribution >= 0.6 is 11.6 Å². The van der Waals surface area contributed by atoms with E-state index in [9.17, 15) is 23.4 Å². The molecule has 0 bridgehead atoms. The average Bonchev–Trinajstić information content (AvgIpc) is 3.08. The zero-order valence-electron chi connectivity index (χ0n) is 25.9. The van der Waals surface area contributed by atoms with Crippen molar-refractivity contribution in [2.24, 2.45) is 0 Å². The molecule has 0 spiro atoms. The summed E-state index contributed by atoms with van der Waals surface area (Å²) in [5.74, 6) is -0.391. The normalized spacial score (nSPS) is 12.2. The predicted molar refractivity (Wildman–Crippen MR) is 183 cm³/mol. The van der Waals surface area contributed by atoms with E-state index in [0.29, 0.717) is 54.6 Å². The first kappa shape index (κ1) is 33.9. The fourth-order valence-corrected chi connectivity index (χ4v) is 6.95. The maximum Gasteiger partial charge on any atom is 0.336 e. The van der Waals surface area contributed by atoms with Crippen LogP contribution in [0.2, 0.25) is 5.02 Å². The van der Waals surface area contributed by atoms with Crippen LogP contribution in [-0.2, 0) is 29.2 Å². The molecule has 0 aliphatic heterocycles. The third-order valence-corrected chi connectivity index (χ3v) is 9.93.